The largest absolute Gasteiger partial charge is 0.345 e. The van der Waals surface area contributed by atoms with Gasteiger partial charge in [0.25, 0.3) is 23.6 Å². The van der Waals surface area contributed by atoms with E-state index in [1.165, 1.54) is 11.3 Å². The SMILES string of the molecule is Cn1cc(NC(=O)c2cc(NC(=O)c3cc(NC(=O)c4sccc4Cl)cn3C)cn2C)cc1C(=O)NCc1ccccn1. The number of aromatic nitrogens is 4. The topological polar surface area (TPSA) is 144 Å². The molecule has 0 aliphatic carbocycles. The number of thiophene rings is 1. The number of halogens is 1. The number of nitrogens with one attached hydrogen (secondary N) is 4. The van der Waals surface area contributed by atoms with Crippen LogP contribution in [0, 0.1) is 0 Å². The lowest BCUT2D eigenvalue weighted by molar-refractivity contribution is 0.0940. The van der Waals surface area contributed by atoms with E-state index in [9.17, 15) is 19.2 Å². The Labute approximate surface area is 255 Å². The first-order chi connectivity index (χ1) is 20.6. The van der Waals surface area contributed by atoms with Crippen LogP contribution in [0.25, 0.3) is 0 Å². The van der Waals surface area contributed by atoms with E-state index in [2.05, 4.69) is 26.3 Å². The van der Waals surface area contributed by atoms with Gasteiger partial charge >= 0.3 is 0 Å². The summed E-state index contributed by atoms with van der Waals surface area (Å²) in [4.78, 5) is 55.8. The van der Waals surface area contributed by atoms with Crippen molar-refractivity contribution in [2.24, 2.45) is 21.1 Å². The van der Waals surface area contributed by atoms with Gasteiger partial charge < -0.3 is 35.0 Å². The third-order valence-electron chi connectivity index (χ3n) is 6.47. The third kappa shape index (κ3) is 6.68. The molecule has 0 saturated heterocycles. The highest BCUT2D eigenvalue weighted by Gasteiger charge is 2.19. The second kappa shape index (κ2) is 12.4. The molecule has 5 heterocycles. The van der Waals surface area contributed by atoms with Gasteiger partial charge in [0.05, 0.1) is 34.3 Å². The molecule has 0 spiro atoms. The number of pyridine rings is 1. The lowest BCUT2D eigenvalue weighted by atomic mass is 10.3. The summed E-state index contributed by atoms with van der Waals surface area (Å²) >= 11 is 7.26. The predicted molar refractivity (Wildman–Crippen MR) is 165 cm³/mol. The van der Waals surface area contributed by atoms with Gasteiger partial charge in [-0.2, -0.15) is 0 Å². The molecule has 0 aromatic carbocycles. The number of carbonyl (C=O) groups is 4. The summed E-state index contributed by atoms with van der Waals surface area (Å²) in [6, 6.07) is 11.8. The standard InChI is InChI=1S/C29H27ClN8O4S/c1-36-14-18(10-22(36)26(39)32-13-17-6-4-5-8-31-17)33-27(40)23-11-19(15-37(23)2)34-28(41)24-12-20(16-38(24)3)35-29(42)25-21(30)7-9-43-25/h4-12,14-16H,13H2,1-3H3,(H,32,39)(H,33,40)(H,34,41)(H,35,42). The van der Waals surface area contributed by atoms with Crippen LogP contribution >= 0.6 is 22.9 Å². The van der Waals surface area contributed by atoms with Crippen LogP contribution in [0.2, 0.25) is 5.02 Å². The van der Waals surface area contributed by atoms with E-state index in [-0.39, 0.29) is 24.1 Å². The first kappa shape index (κ1) is 29.4. The van der Waals surface area contributed by atoms with Crippen molar-refractivity contribution in [1.82, 2.24) is 24.0 Å². The van der Waals surface area contributed by atoms with Gasteiger partial charge in [-0.25, -0.2) is 0 Å². The Balaban J connectivity index is 1.21. The molecule has 0 fully saturated rings. The van der Waals surface area contributed by atoms with Crippen LogP contribution in [-0.4, -0.2) is 42.3 Å². The van der Waals surface area contributed by atoms with E-state index in [0.29, 0.717) is 38.3 Å². The van der Waals surface area contributed by atoms with Gasteiger partial charge in [0.15, 0.2) is 0 Å². The molecule has 220 valence electrons. The molecule has 12 nitrogen and oxygen atoms in total. The number of aryl methyl sites for hydroxylation is 3. The highest BCUT2D eigenvalue weighted by Crippen LogP contribution is 2.24. The van der Waals surface area contributed by atoms with E-state index in [4.69, 9.17) is 11.6 Å². The molecule has 43 heavy (non-hydrogen) atoms. The lowest BCUT2D eigenvalue weighted by Gasteiger charge is -2.05. The van der Waals surface area contributed by atoms with Crippen LogP contribution in [0.3, 0.4) is 0 Å². The molecule has 4 amide bonds. The summed E-state index contributed by atoms with van der Waals surface area (Å²) in [7, 11) is 5.07. The van der Waals surface area contributed by atoms with Gasteiger partial charge in [0.1, 0.15) is 22.0 Å². The maximum atomic E-state index is 13.1. The molecule has 0 bridgehead atoms. The highest BCUT2D eigenvalue weighted by atomic mass is 35.5. The van der Waals surface area contributed by atoms with E-state index >= 15 is 0 Å². The second-order valence-corrected chi connectivity index (χ2v) is 11.0. The number of rotatable bonds is 9. The molecular weight excluding hydrogens is 592 g/mol. The van der Waals surface area contributed by atoms with Crippen molar-refractivity contribution in [3.63, 3.8) is 0 Å². The molecule has 4 N–H and O–H groups in total. The number of amides is 4. The van der Waals surface area contributed by atoms with Crippen molar-refractivity contribution in [2.45, 2.75) is 6.54 Å². The zero-order valence-electron chi connectivity index (χ0n) is 23.3. The summed E-state index contributed by atoms with van der Waals surface area (Å²) in [5.41, 5.74) is 2.94. The molecular formula is C29H27ClN8O4S. The van der Waals surface area contributed by atoms with E-state index < -0.39 is 11.8 Å². The Morgan fingerprint density at radius 1 is 0.744 bits per heavy atom. The molecule has 5 aromatic heterocycles. The maximum Gasteiger partial charge on any atom is 0.272 e. The van der Waals surface area contributed by atoms with Gasteiger partial charge in [-0.1, -0.05) is 17.7 Å². The molecule has 0 radical (unpaired) electrons. The zero-order chi connectivity index (χ0) is 30.7. The minimum Gasteiger partial charge on any atom is -0.345 e. The molecule has 5 aromatic rings. The smallest absolute Gasteiger partial charge is 0.272 e. The van der Waals surface area contributed by atoms with E-state index in [1.807, 2.05) is 12.1 Å². The highest BCUT2D eigenvalue weighted by molar-refractivity contribution is 7.12. The van der Waals surface area contributed by atoms with Gasteiger partial charge in [-0.05, 0) is 41.8 Å². The Hall–Kier alpha value is -5.14. The summed E-state index contributed by atoms with van der Waals surface area (Å²) in [5.74, 6) is -1.53. The van der Waals surface area contributed by atoms with Crippen molar-refractivity contribution in [3.8, 4) is 0 Å². The van der Waals surface area contributed by atoms with Crippen molar-refractivity contribution in [1.29, 1.82) is 0 Å². The summed E-state index contributed by atoms with van der Waals surface area (Å²) < 4.78 is 4.78. The van der Waals surface area contributed by atoms with Gasteiger partial charge in [-0.3, -0.25) is 24.2 Å². The monoisotopic (exact) mass is 618 g/mol. The quantitative estimate of drug-likeness (QED) is 0.192. The number of hydrogen-bond donors (Lipinski definition) is 4. The second-order valence-electron chi connectivity index (χ2n) is 9.64. The first-order valence-electron chi connectivity index (χ1n) is 12.9. The molecule has 0 unspecified atom stereocenters. The fourth-order valence-corrected chi connectivity index (χ4v) is 5.41. The minimum atomic E-state index is -0.431. The Morgan fingerprint density at radius 3 is 1.72 bits per heavy atom. The number of hydrogen-bond acceptors (Lipinski definition) is 6. The zero-order valence-corrected chi connectivity index (χ0v) is 24.9. The minimum absolute atomic E-state index is 0.271. The maximum absolute atomic E-state index is 13.1. The Kier molecular flexibility index (Phi) is 8.46. The van der Waals surface area contributed by atoms with Crippen molar-refractivity contribution < 1.29 is 19.2 Å². The predicted octanol–water partition coefficient (Wildman–Crippen LogP) is 4.50. The Morgan fingerprint density at radius 2 is 1.26 bits per heavy atom. The normalized spacial score (nSPS) is 10.8. The van der Waals surface area contributed by atoms with E-state index in [0.717, 1.165) is 5.69 Å². The summed E-state index contributed by atoms with van der Waals surface area (Å²) in [6.07, 6.45) is 6.52. The molecule has 14 heteroatoms. The molecule has 0 aliphatic heterocycles. The average Bonchev–Trinajstić information content (AvgIpc) is 3.74. The number of anilines is 3. The fraction of sp³-hybridized carbons (Fsp3) is 0.138. The molecule has 0 atom stereocenters. The number of nitrogens with zero attached hydrogens (tertiary/aromatic N) is 4. The van der Waals surface area contributed by atoms with Crippen molar-refractivity contribution in [2.75, 3.05) is 16.0 Å². The third-order valence-corrected chi connectivity index (χ3v) is 7.81. The van der Waals surface area contributed by atoms with Crippen LogP contribution in [-0.2, 0) is 27.7 Å². The van der Waals surface area contributed by atoms with Crippen molar-refractivity contribution in [3.05, 3.63) is 105 Å². The van der Waals surface area contributed by atoms with Crippen LogP contribution < -0.4 is 21.3 Å². The first-order valence-corrected chi connectivity index (χ1v) is 14.2. The van der Waals surface area contributed by atoms with Crippen LogP contribution in [0.5, 0.6) is 0 Å². The van der Waals surface area contributed by atoms with Gasteiger partial charge in [0.2, 0.25) is 0 Å². The molecule has 0 aliphatic rings. The number of carbonyl (C=O) groups excluding carboxylic acids is 4. The summed E-state index contributed by atoms with van der Waals surface area (Å²) in [5, 5.41) is 13.2. The lowest BCUT2D eigenvalue weighted by Crippen LogP contribution is -2.25. The summed E-state index contributed by atoms with van der Waals surface area (Å²) in [6.45, 7) is 0.271. The van der Waals surface area contributed by atoms with Crippen molar-refractivity contribution >= 4 is 63.6 Å². The van der Waals surface area contributed by atoms with E-state index in [1.54, 1.807) is 95.3 Å². The van der Waals surface area contributed by atoms with Gasteiger partial charge in [0, 0.05) is 45.9 Å². The molecule has 5 rings (SSSR count). The van der Waals surface area contributed by atoms with Gasteiger partial charge in [-0.15, -0.1) is 11.3 Å². The van der Waals surface area contributed by atoms with Crippen LogP contribution in [0.15, 0.2) is 72.6 Å². The van der Waals surface area contributed by atoms with Crippen LogP contribution in [0.1, 0.15) is 46.8 Å². The molecule has 0 saturated carbocycles. The average molecular weight is 619 g/mol. The Bertz CT molecular complexity index is 1840. The fourth-order valence-electron chi connectivity index (χ4n) is 4.37. The van der Waals surface area contributed by atoms with Crippen LogP contribution in [0.4, 0.5) is 17.1 Å².